The molecule has 0 saturated heterocycles. The minimum Gasteiger partial charge on any atom is -0.331 e. The molecule has 1 aliphatic carbocycles. The van der Waals surface area contributed by atoms with Crippen LogP contribution in [-0.2, 0) is 19.4 Å². The van der Waals surface area contributed by atoms with Crippen LogP contribution in [0, 0.1) is 5.92 Å². The quantitative estimate of drug-likeness (QED) is 0.667. The van der Waals surface area contributed by atoms with Crippen molar-refractivity contribution in [3.63, 3.8) is 0 Å². The Hall–Kier alpha value is -0.790. The second-order valence-corrected chi connectivity index (χ2v) is 6.01. The highest BCUT2D eigenvalue weighted by atomic mass is 15.1. The molecular weight excluding hydrogens is 208 g/mol. The molecule has 0 saturated carbocycles. The van der Waals surface area contributed by atoms with E-state index in [9.17, 15) is 0 Å². The average Bonchev–Trinajstić information content (AvgIpc) is 2.80. The van der Waals surface area contributed by atoms with Crippen LogP contribution in [0.15, 0.2) is 0 Å². The monoisotopic (exact) mass is 232 g/mol. The van der Waals surface area contributed by atoms with Gasteiger partial charge in [0.1, 0.15) is 5.82 Å². The molecule has 2 nitrogen and oxygen atoms in total. The highest BCUT2D eigenvalue weighted by Crippen LogP contribution is 2.35. The lowest BCUT2D eigenvalue weighted by Gasteiger charge is -2.09. The number of aryl methyl sites for hydroxylation is 1. The van der Waals surface area contributed by atoms with Gasteiger partial charge in [0, 0.05) is 18.2 Å². The predicted molar refractivity (Wildman–Crippen MR) is 70.3 cm³/mol. The molecule has 2 atom stereocenters. The van der Waals surface area contributed by atoms with Gasteiger partial charge in [-0.1, -0.05) is 33.1 Å². The molecule has 0 fully saturated rings. The van der Waals surface area contributed by atoms with Gasteiger partial charge in [-0.25, -0.2) is 4.98 Å². The van der Waals surface area contributed by atoms with E-state index in [0.717, 1.165) is 5.92 Å². The van der Waals surface area contributed by atoms with Crippen LogP contribution < -0.4 is 0 Å². The van der Waals surface area contributed by atoms with E-state index in [1.807, 2.05) is 0 Å². The summed E-state index contributed by atoms with van der Waals surface area (Å²) in [6, 6.07) is 0. The molecule has 17 heavy (non-hydrogen) atoms. The zero-order chi connectivity index (χ0) is 11.8. The van der Waals surface area contributed by atoms with Crippen LogP contribution in [0.5, 0.6) is 0 Å². The molecular formula is C15H24N2. The molecule has 2 heterocycles. The molecule has 3 rings (SSSR count). The number of aromatic nitrogens is 2. The Morgan fingerprint density at radius 1 is 1.00 bits per heavy atom. The fourth-order valence-corrected chi connectivity index (χ4v) is 3.40. The summed E-state index contributed by atoms with van der Waals surface area (Å²) in [5.74, 6) is 2.81. The first-order valence-corrected chi connectivity index (χ1v) is 7.35. The largest absolute Gasteiger partial charge is 0.331 e. The fourth-order valence-electron chi connectivity index (χ4n) is 3.40. The smallest absolute Gasteiger partial charge is 0.112 e. The van der Waals surface area contributed by atoms with Gasteiger partial charge in [0.05, 0.1) is 5.69 Å². The van der Waals surface area contributed by atoms with E-state index in [1.54, 1.807) is 5.69 Å². The second kappa shape index (κ2) is 4.47. The highest BCUT2D eigenvalue weighted by molar-refractivity contribution is 5.23. The Kier molecular flexibility index (Phi) is 2.97. The SMILES string of the molecule is CC1Cn2c(nc3c2CCCCCCC3)C1C. The maximum Gasteiger partial charge on any atom is 0.112 e. The molecule has 0 amide bonds. The Bertz CT molecular complexity index is 405. The van der Waals surface area contributed by atoms with Crippen molar-refractivity contribution in [2.45, 2.75) is 71.3 Å². The van der Waals surface area contributed by atoms with Crippen molar-refractivity contribution >= 4 is 0 Å². The van der Waals surface area contributed by atoms with E-state index >= 15 is 0 Å². The van der Waals surface area contributed by atoms with Crippen LogP contribution in [0.1, 0.15) is 69.1 Å². The van der Waals surface area contributed by atoms with Crippen molar-refractivity contribution in [3.8, 4) is 0 Å². The number of hydrogen-bond acceptors (Lipinski definition) is 1. The Labute approximate surface area is 104 Å². The van der Waals surface area contributed by atoms with Crippen molar-refractivity contribution in [2.75, 3.05) is 0 Å². The van der Waals surface area contributed by atoms with Gasteiger partial charge in [0.2, 0.25) is 0 Å². The zero-order valence-electron chi connectivity index (χ0n) is 11.2. The lowest BCUT2D eigenvalue weighted by atomic mass is 9.99. The zero-order valence-corrected chi connectivity index (χ0v) is 11.2. The Morgan fingerprint density at radius 2 is 1.71 bits per heavy atom. The maximum atomic E-state index is 4.97. The first kappa shape index (κ1) is 11.3. The molecule has 2 unspecified atom stereocenters. The van der Waals surface area contributed by atoms with Crippen molar-refractivity contribution in [2.24, 2.45) is 5.92 Å². The normalized spacial score (nSPS) is 29.1. The Morgan fingerprint density at radius 3 is 2.53 bits per heavy atom. The fraction of sp³-hybridized carbons (Fsp3) is 0.800. The molecule has 94 valence electrons. The van der Waals surface area contributed by atoms with Crippen LogP contribution in [0.4, 0.5) is 0 Å². The van der Waals surface area contributed by atoms with Crippen LogP contribution in [0.3, 0.4) is 0 Å². The topological polar surface area (TPSA) is 17.8 Å². The van der Waals surface area contributed by atoms with Crippen molar-refractivity contribution in [1.29, 1.82) is 0 Å². The molecule has 1 aliphatic heterocycles. The summed E-state index contributed by atoms with van der Waals surface area (Å²) in [7, 11) is 0. The van der Waals surface area contributed by atoms with Gasteiger partial charge in [0.15, 0.2) is 0 Å². The Balaban J connectivity index is 1.95. The summed E-state index contributed by atoms with van der Waals surface area (Å²) in [5.41, 5.74) is 3.01. The molecule has 2 aliphatic rings. The van der Waals surface area contributed by atoms with Gasteiger partial charge < -0.3 is 4.57 Å². The summed E-state index contributed by atoms with van der Waals surface area (Å²) in [4.78, 5) is 4.97. The molecule has 0 N–H and O–H groups in total. The third-order valence-corrected chi connectivity index (χ3v) is 4.74. The van der Waals surface area contributed by atoms with Crippen LogP contribution in [-0.4, -0.2) is 9.55 Å². The van der Waals surface area contributed by atoms with Gasteiger partial charge in [0.25, 0.3) is 0 Å². The summed E-state index contributed by atoms with van der Waals surface area (Å²) >= 11 is 0. The molecule has 0 bridgehead atoms. The van der Waals surface area contributed by atoms with Crippen LogP contribution >= 0.6 is 0 Å². The molecule has 1 aromatic rings. The molecule has 2 heteroatoms. The predicted octanol–water partition coefficient (Wildman–Crippen LogP) is 3.69. The number of fused-ring (bicyclic) bond motifs is 3. The molecule has 0 aromatic carbocycles. The van der Waals surface area contributed by atoms with Crippen molar-refractivity contribution < 1.29 is 0 Å². The third kappa shape index (κ3) is 1.92. The minimum absolute atomic E-state index is 0.658. The van der Waals surface area contributed by atoms with E-state index in [0.29, 0.717) is 5.92 Å². The molecule has 0 spiro atoms. The molecule has 1 aromatic heterocycles. The third-order valence-electron chi connectivity index (χ3n) is 4.74. The van der Waals surface area contributed by atoms with Crippen molar-refractivity contribution in [1.82, 2.24) is 9.55 Å². The first-order valence-electron chi connectivity index (χ1n) is 7.35. The van der Waals surface area contributed by atoms with Gasteiger partial charge in [-0.2, -0.15) is 0 Å². The number of hydrogen-bond donors (Lipinski definition) is 0. The first-order chi connectivity index (χ1) is 8.27. The van der Waals surface area contributed by atoms with Gasteiger partial charge in [-0.05, 0) is 31.6 Å². The summed E-state index contributed by atoms with van der Waals surface area (Å²) in [6.45, 7) is 5.91. The van der Waals surface area contributed by atoms with Gasteiger partial charge in [-0.15, -0.1) is 0 Å². The van der Waals surface area contributed by atoms with E-state index in [2.05, 4.69) is 18.4 Å². The van der Waals surface area contributed by atoms with E-state index < -0.39 is 0 Å². The highest BCUT2D eigenvalue weighted by Gasteiger charge is 2.31. The van der Waals surface area contributed by atoms with Crippen LogP contribution in [0.25, 0.3) is 0 Å². The van der Waals surface area contributed by atoms with Gasteiger partial charge in [-0.3, -0.25) is 0 Å². The van der Waals surface area contributed by atoms with Gasteiger partial charge >= 0.3 is 0 Å². The van der Waals surface area contributed by atoms with E-state index in [-0.39, 0.29) is 0 Å². The van der Waals surface area contributed by atoms with Crippen LogP contribution in [0.2, 0.25) is 0 Å². The number of imidazole rings is 1. The summed E-state index contributed by atoms with van der Waals surface area (Å²) < 4.78 is 2.55. The number of rotatable bonds is 0. The summed E-state index contributed by atoms with van der Waals surface area (Å²) in [5, 5.41) is 0. The van der Waals surface area contributed by atoms with E-state index in [1.165, 1.54) is 63.0 Å². The standard InChI is InChI=1S/C15H24N2/c1-11-10-17-14-9-7-5-3-4-6-8-13(14)16-15(17)12(11)2/h11-12H,3-10H2,1-2H3. The average molecular weight is 232 g/mol. The number of nitrogens with zero attached hydrogens (tertiary/aromatic N) is 2. The minimum atomic E-state index is 0.658. The second-order valence-electron chi connectivity index (χ2n) is 6.01. The lowest BCUT2D eigenvalue weighted by molar-refractivity contribution is 0.490. The molecule has 0 radical (unpaired) electrons. The van der Waals surface area contributed by atoms with E-state index in [4.69, 9.17) is 4.98 Å². The van der Waals surface area contributed by atoms with Crippen molar-refractivity contribution in [3.05, 3.63) is 17.2 Å². The maximum absolute atomic E-state index is 4.97. The lowest BCUT2D eigenvalue weighted by Crippen LogP contribution is -2.05. The summed E-state index contributed by atoms with van der Waals surface area (Å²) in [6.07, 6.45) is 9.41.